The van der Waals surface area contributed by atoms with Crippen LogP contribution in [0.3, 0.4) is 0 Å². The van der Waals surface area contributed by atoms with Crippen LogP contribution in [0.25, 0.3) is 0 Å². The molecular weight excluding hydrogens is 721 g/mol. The summed E-state index contributed by atoms with van der Waals surface area (Å²) in [5.41, 5.74) is 0.430. The Labute approximate surface area is 307 Å². The lowest BCUT2D eigenvalue weighted by Gasteiger charge is -2.49. The zero-order chi connectivity index (χ0) is 37.3. The molecule has 274 valence electrons. The molecule has 2 amide bonds. The van der Waals surface area contributed by atoms with Gasteiger partial charge in [-0.2, -0.15) is 8.78 Å². The number of fused-ring (bicyclic) bond motifs is 1. The molecule has 2 aliphatic rings. The Bertz CT molecular complexity index is 1900. The van der Waals surface area contributed by atoms with Crippen molar-refractivity contribution in [3.63, 3.8) is 0 Å². The van der Waals surface area contributed by atoms with Gasteiger partial charge in [-0.1, -0.05) is 84.6 Å². The maximum absolute atomic E-state index is 14.8. The van der Waals surface area contributed by atoms with Crippen LogP contribution in [0, 0.1) is 5.92 Å². The number of rotatable bonds is 10. The van der Waals surface area contributed by atoms with Crippen LogP contribution in [0.4, 0.5) is 8.78 Å². The molecule has 0 bridgehead atoms. The van der Waals surface area contributed by atoms with Gasteiger partial charge in [0.2, 0.25) is 5.91 Å². The topological polar surface area (TPSA) is 110 Å². The highest BCUT2D eigenvalue weighted by molar-refractivity contribution is 7.90. The normalized spacial score (nSPS) is 21.2. The zero-order valence-corrected chi connectivity index (χ0v) is 31.3. The van der Waals surface area contributed by atoms with E-state index in [4.69, 9.17) is 27.9 Å². The van der Waals surface area contributed by atoms with Crippen molar-refractivity contribution in [2.24, 2.45) is 5.92 Å². The molecule has 1 aliphatic heterocycles. The summed E-state index contributed by atoms with van der Waals surface area (Å²) in [6.07, 6.45) is 4.26. The quantitative estimate of drug-likeness (QED) is 0.213. The van der Waals surface area contributed by atoms with Crippen LogP contribution in [-0.4, -0.2) is 61.3 Å². The van der Waals surface area contributed by atoms with Gasteiger partial charge in [0.1, 0.15) is 15.4 Å². The molecule has 0 spiro atoms. The zero-order valence-electron chi connectivity index (χ0n) is 28.9. The fourth-order valence-electron chi connectivity index (χ4n) is 7.19. The molecule has 0 unspecified atom stereocenters. The van der Waals surface area contributed by atoms with E-state index in [0.717, 1.165) is 25.0 Å². The number of nitrogens with one attached hydrogen (secondary N) is 1. The Hall–Kier alpha value is -3.54. The highest BCUT2D eigenvalue weighted by Crippen LogP contribution is 2.48. The van der Waals surface area contributed by atoms with Crippen molar-refractivity contribution in [1.82, 2.24) is 10.2 Å². The molecule has 0 saturated heterocycles. The van der Waals surface area contributed by atoms with Crippen LogP contribution in [-0.2, 0) is 36.5 Å². The van der Waals surface area contributed by atoms with Gasteiger partial charge < -0.3 is 15.0 Å². The van der Waals surface area contributed by atoms with Crippen LogP contribution >= 0.6 is 23.2 Å². The summed E-state index contributed by atoms with van der Waals surface area (Å²) in [7, 11) is -3.39. The highest BCUT2D eigenvalue weighted by atomic mass is 35.5. The summed E-state index contributed by atoms with van der Waals surface area (Å²) in [5, 5.41) is 3.63. The third-order valence-electron chi connectivity index (χ3n) is 9.37. The minimum Gasteiger partial charge on any atom is -0.455 e. The summed E-state index contributed by atoms with van der Waals surface area (Å²) < 4.78 is 59.6. The van der Waals surface area contributed by atoms with Gasteiger partial charge in [0.15, 0.2) is 0 Å². The van der Waals surface area contributed by atoms with Crippen LogP contribution in [0.15, 0.2) is 66.7 Å². The number of carbonyl (C=O) groups excluding carboxylic acids is 3. The average Bonchev–Trinajstić information content (AvgIpc) is 3.04. The van der Waals surface area contributed by atoms with Crippen LogP contribution in [0.5, 0.6) is 0 Å². The number of hydrogen-bond donors (Lipinski definition) is 1. The minimum absolute atomic E-state index is 0.0937. The molecule has 13 heteroatoms. The Kier molecular flexibility index (Phi) is 11.5. The molecule has 4 atom stereocenters. The molecule has 3 aromatic rings. The highest BCUT2D eigenvalue weighted by Gasteiger charge is 2.49. The second kappa shape index (κ2) is 15.2. The molecular formula is C38H42Cl2F2N2O6S. The van der Waals surface area contributed by atoms with Gasteiger partial charge in [-0.15, -0.1) is 0 Å². The summed E-state index contributed by atoms with van der Waals surface area (Å²) >= 11 is 13.1. The van der Waals surface area contributed by atoms with Crippen molar-refractivity contribution < 1.29 is 36.3 Å². The molecule has 0 radical (unpaired) electrons. The average molecular weight is 764 g/mol. The molecule has 1 aliphatic carbocycles. The van der Waals surface area contributed by atoms with Crippen molar-refractivity contribution in [1.29, 1.82) is 0 Å². The molecule has 1 N–H and O–H groups in total. The number of hydrogen-bond acceptors (Lipinski definition) is 6. The van der Waals surface area contributed by atoms with Gasteiger partial charge >= 0.3 is 11.9 Å². The standard InChI is InChI=1S/C38H42Cl2F2N2O6S/c1-37(2,3)50-36(47)38(41,42)25-15-13-23(14-16-25)19-20-43-34(45)32-27-10-6-7-11-28(27)35(46)44(33(32)29-18-17-26(39)21-30(29)40)31-12-8-5-9-24(31)22-51(4,48)49/h6-7,10-11,13-18,21,24,31-33H,5,8-9,12,19-20,22H2,1-4H3,(H,43,45)/t24-,31+,32-,33+/m1/s1. The number of alkyl halides is 2. The first-order valence-corrected chi connectivity index (χ1v) is 19.7. The SMILES string of the molecule is CC(C)(C)OC(=O)C(F)(F)c1ccc(CCNC(=O)[C@@H]2c3ccccc3C(=O)N([C@H]3CCCC[C@@H]3CS(C)(=O)=O)[C@H]2c2ccc(Cl)cc2Cl)cc1. The first kappa shape index (κ1) is 38.7. The van der Waals surface area contributed by atoms with Gasteiger partial charge in [-0.05, 0) is 80.8 Å². The van der Waals surface area contributed by atoms with E-state index >= 15 is 0 Å². The predicted octanol–water partition coefficient (Wildman–Crippen LogP) is 7.67. The maximum atomic E-state index is 14.8. The van der Waals surface area contributed by atoms with E-state index in [-0.39, 0.29) is 41.5 Å². The van der Waals surface area contributed by atoms with Gasteiger partial charge in [0, 0.05) is 40.0 Å². The predicted molar refractivity (Wildman–Crippen MR) is 193 cm³/mol. The largest absolute Gasteiger partial charge is 0.455 e. The van der Waals surface area contributed by atoms with Crippen LogP contribution < -0.4 is 5.32 Å². The third kappa shape index (κ3) is 8.92. The van der Waals surface area contributed by atoms with Crippen molar-refractivity contribution >= 4 is 50.8 Å². The number of sulfone groups is 1. The van der Waals surface area contributed by atoms with Crippen LogP contribution in [0.2, 0.25) is 10.0 Å². The van der Waals surface area contributed by atoms with E-state index in [1.807, 2.05) is 0 Å². The van der Waals surface area contributed by atoms with Gasteiger partial charge in [0.05, 0.1) is 17.7 Å². The summed E-state index contributed by atoms with van der Waals surface area (Å²) in [5.74, 6) is -7.53. The summed E-state index contributed by atoms with van der Waals surface area (Å²) in [6, 6.07) is 15.7. The van der Waals surface area contributed by atoms with E-state index < -0.39 is 50.9 Å². The second-order valence-electron chi connectivity index (χ2n) is 14.4. The number of benzene rings is 3. The van der Waals surface area contributed by atoms with E-state index in [1.165, 1.54) is 39.2 Å². The van der Waals surface area contributed by atoms with Gasteiger partial charge in [-0.25, -0.2) is 13.2 Å². The summed E-state index contributed by atoms with van der Waals surface area (Å²) in [6.45, 7) is 4.67. The lowest BCUT2D eigenvalue weighted by Crippen LogP contribution is -2.55. The molecule has 0 aromatic heterocycles. The van der Waals surface area contributed by atoms with E-state index in [9.17, 15) is 31.6 Å². The number of ether oxygens (including phenoxy) is 1. The minimum atomic E-state index is -3.84. The molecule has 5 rings (SSSR count). The second-order valence-corrected chi connectivity index (χ2v) is 17.4. The number of halogens is 4. The number of esters is 1. The lowest BCUT2D eigenvalue weighted by atomic mass is 9.75. The van der Waals surface area contributed by atoms with Crippen molar-refractivity contribution in [2.75, 3.05) is 18.6 Å². The molecule has 1 fully saturated rings. The Morgan fingerprint density at radius 1 is 0.961 bits per heavy atom. The van der Waals surface area contributed by atoms with Gasteiger partial charge in [-0.3, -0.25) is 9.59 Å². The first-order valence-electron chi connectivity index (χ1n) is 16.9. The van der Waals surface area contributed by atoms with E-state index in [2.05, 4.69) is 5.32 Å². The molecule has 1 heterocycles. The van der Waals surface area contributed by atoms with E-state index in [0.29, 0.717) is 40.1 Å². The Balaban J connectivity index is 1.45. The molecule has 51 heavy (non-hydrogen) atoms. The Morgan fingerprint density at radius 3 is 2.27 bits per heavy atom. The van der Waals surface area contributed by atoms with Crippen molar-refractivity contribution in [3.8, 4) is 0 Å². The molecule has 1 saturated carbocycles. The smallest absolute Gasteiger partial charge is 0.382 e. The van der Waals surface area contributed by atoms with Crippen molar-refractivity contribution in [3.05, 3.63) is 105 Å². The molecule has 3 aromatic carbocycles. The Morgan fingerprint density at radius 2 is 1.63 bits per heavy atom. The fourth-order valence-corrected chi connectivity index (χ4v) is 8.88. The lowest BCUT2D eigenvalue weighted by molar-refractivity contribution is -0.185. The van der Waals surface area contributed by atoms with Gasteiger partial charge in [0.25, 0.3) is 5.91 Å². The number of nitrogens with zero attached hydrogens (tertiary/aromatic N) is 1. The first-order chi connectivity index (χ1) is 23.9. The summed E-state index contributed by atoms with van der Waals surface area (Å²) in [4.78, 5) is 42.7. The van der Waals surface area contributed by atoms with Crippen LogP contribution in [0.1, 0.15) is 91.0 Å². The fraction of sp³-hybridized carbons (Fsp3) is 0.447. The number of carbonyl (C=O) groups is 3. The van der Waals surface area contributed by atoms with Crippen molar-refractivity contribution in [2.45, 2.75) is 82.4 Å². The number of amides is 2. The molecule has 8 nitrogen and oxygen atoms in total. The third-order valence-corrected chi connectivity index (χ3v) is 11.0. The van der Waals surface area contributed by atoms with E-state index in [1.54, 1.807) is 47.4 Å². The maximum Gasteiger partial charge on any atom is 0.382 e. The monoisotopic (exact) mass is 762 g/mol.